The second-order valence-electron chi connectivity index (χ2n) is 8.16. The molecular formula is C28H34N2O3. The standard InChI is InChI=1S/C28H34N2O3/c1-4-28(5-2,23-11-13-25(27(31)32-3)21(15-23)17-29)24-12-14-26(22(16-24)18-30)33-19-20-9-7-6-8-10-20/h6-16H,4-5,17-19,29-30H2,1-3H3. The third-order valence-corrected chi connectivity index (χ3v) is 6.56. The summed E-state index contributed by atoms with van der Waals surface area (Å²) in [6, 6.07) is 22.3. The second-order valence-corrected chi connectivity index (χ2v) is 8.16. The zero-order chi connectivity index (χ0) is 23.8. The molecule has 0 radical (unpaired) electrons. The highest BCUT2D eigenvalue weighted by atomic mass is 16.5. The van der Waals surface area contributed by atoms with E-state index in [9.17, 15) is 4.79 Å². The lowest BCUT2D eigenvalue weighted by atomic mass is 9.69. The van der Waals surface area contributed by atoms with Gasteiger partial charge in [0.25, 0.3) is 0 Å². The van der Waals surface area contributed by atoms with Crippen LogP contribution in [0.2, 0.25) is 0 Å². The largest absolute Gasteiger partial charge is 0.489 e. The van der Waals surface area contributed by atoms with Gasteiger partial charge in [-0.25, -0.2) is 4.79 Å². The molecule has 0 aliphatic rings. The van der Waals surface area contributed by atoms with Crippen LogP contribution in [0, 0.1) is 0 Å². The number of benzene rings is 3. The van der Waals surface area contributed by atoms with Gasteiger partial charge in [-0.3, -0.25) is 0 Å². The predicted octanol–water partition coefficient (Wildman–Crippen LogP) is 5.08. The van der Waals surface area contributed by atoms with Gasteiger partial charge < -0.3 is 20.9 Å². The lowest BCUT2D eigenvalue weighted by molar-refractivity contribution is 0.0599. The maximum atomic E-state index is 12.1. The zero-order valence-corrected chi connectivity index (χ0v) is 19.8. The normalized spacial score (nSPS) is 11.3. The van der Waals surface area contributed by atoms with Crippen LogP contribution in [-0.2, 0) is 29.8 Å². The van der Waals surface area contributed by atoms with Crippen LogP contribution in [-0.4, -0.2) is 13.1 Å². The molecule has 0 saturated heterocycles. The van der Waals surface area contributed by atoms with Crippen LogP contribution < -0.4 is 16.2 Å². The third kappa shape index (κ3) is 5.10. The molecule has 0 amide bonds. The van der Waals surface area contributed by atoms with Crippen LogP contribution in [0.3, 0.4) is 0 Å². The van der Waals surface area contributed by atoms with Crippen LogP contribution in [0.1, 0.15) is 64.9 Å². The summed E-state index contributed by atoms with van der Waals surface area (Å²) in [6.45, 7) is 5.51. The Hall–Kier alpha value is -3.15. The molecule has 0 unspecified atom stereocenters. The van der Waals surface area contributed by atoms with Crippen LogP contribution >= 0.6 is 0 Å². The number of esters is 1. The topological polar surface area (TPSA) is 87.6 Å². The number of carbonyl (C=O) groups is 1. The Balaban J connectivity index is 1.99. The maximum Gasteiger partial charge on any atom is 0.338 e. The fraction of sp³-hybridized carbons (Fsp3) is 0.321. The lowest BCUT2D eigenvalue weighted by Gasteiger charge is -2.34. The van der Waals surface area contributed by atoms with E-state index in [-0.39, 0.29) is 17.9 Å². The molecule has 5 nitrogen and oxygen atoms in total. The van der Waals surface area contributed by atoms with Crippen molar-refractivity contribution in [3.63, 3.8) is 0 Å². The molecule has 3 aromatic carbocycles. The number of carbonyl (C=O) groups excluding carboxylic acids is 1. The first-order valence-electron chi connectivity index (χ1n) is 11.4. The van der Waals surface area contributed by atoms with E-state index in [4.69, 9.17) is 20.9 Å². The summed E-state index contributed by atoms with van der Waals surface area (Å²) >= 11 is 0. The van der Waals surface area contributed by atoms with Crippen molar-refractivity contribution >= 4 is 5.97 Å². The average Bonchev–Trinajstić information content (AvgIpc) is 2.88. The van der Waals surface area contributed by atoms with Gasteiger partial charge in [-0.15, -0.1) is 0 Å². The van der Waals surface area contributed by atoms with E-state index in [1.165, 1.54) is 12.7 Å². The van der Waals surface area contributed by atoms with Crippen molar-refractivity contribution in [1.29, 1.82) is 0 Å². The molecule has 0 aliphatic heterocycles. The van der Waals surface area contributed by atoms with Crippen molar-refractivity contribution in [2.45, 2.75) is 51.8 Å². The lowest BCUT2D eigenvalue weighted by Crippen LogP contribution is -2.27. The summed E-state index contributed by atoms with van der Waals surface area (Å²) in [7, 11) is 1.38. The van der Waals surface area contributed by atoms with Gasteiger partial charge in [-0.1, -0.05) is 62.4 Å². The first-order valence-corrected chi connectivity index (χ1v) is 11.4. The molecule has 3 aromatic rings. The van der Waals surface area contributed by atoms with Gasteiger partial charge in [0.2, 0.25) is 0 Å². The highest BCUT2D eigenvalue weighted by Gasteiger charge is 2.32. The molecule has 0 heterocycles. The molecule has 0 fully saturated rings. The van der Waals surface area contributed by atoms with E-state index >= 15 is 0 Å². The molecule has 0 saturated carbocycles. The Morgan fingerprint density at radius 1 is 0.848 bits per heavy atom. The van der Waals surface area contributed by atoms with Crippen molar-refractivity contribution in [3.8, 4) is 5.75 Å². The second kappa shape index (κ2) is 11.1. The van der Waals surface area contributed by atoms with Gasteiger partial charge in [0.1, 0.15) is 12.4 Å². The molecule has 3 rings (SSSR count). The van der Waals surface area contributed by atoms with Crippen molar-refractivity contribution in [2.24, 2.45) is 11.5 Å². The average molecular weight is 447 g/mol. The van der Waals surface area contributed by atoms with Crippen molar-refractivity contribution in [1.82, 2.24) is 0 Å². The number of ether oxygens (including phenoxy) is 2. The first-order chi connectivity index (χ1) is 16.0. The van der Waals surface area contributed by atoms with Crippen LogP contribution in [0.25, 0.3) is 0 Å². The highest BCUT2D eigenvalue weighted by Crippen LogP contribution is 2.41. The summed E-state index contributed by atoms with van der Waals surface area (Å²) < 4.78 is 11.0. The third-order valence-electron chi connectivity index (χ3n) is 6.56. The van der Waals surface area contributed by atoms with E-state index in [1.54, 1.807) is 0 Å². The quantitative estimate of drug-likeness (QED) is 0.424. The summed E-state index contributed by atoms with van der Waals surface area (Å²) in [5.41, 5.74) is 17.5. The van der Waals surface area contributed by atoms with Crippen LogP contribution in [0.4, 0.5) is 0 Å². The maximum absolute atomic E-state index is 12.1. The van der Waals surface area contributed by atoms with E-state index < -0.39 is 0 Å². The fourth-order valence-corrected chi connectivity index (χ4v) is 4.52. The summed E-state index contributed by atoms with van der Waals surface area (Å²) in [5.74, 6) is 0.431. The van der Waals surface area contributed by atoms with Gasteiger partial charge >= 0.3 is 5.97 Å². The first kappa shape index (κ1) is 24.5. The minimum Gasteiger partial charge on any atom is -0.489 e. The van der Waals surface area contributed by atoms with Crippen molar-refractivity contribution in [2.75, 3.05) is 7.11 Å². The Labute approximate surface area is 196 Å². The van der Waals surface area contributed by atoms with E-state index in [0.717, 1.165) is 40.8 Å². The summed E-state index contributed by atoms with van der Waals surface area (Å²) in [6.07, 6.45) is 1.78. The van der Waals surface area contributed by atoms with Gasteiger partial charge in [0.05, 0.1) is 12.7 Å². The summed E-state index contributed by atoms with van der Waals surface area (Å²) in [5, 5.41) is 0. The molecular weight excluding hydrogens is 412 g/mol. The predicted molar refractivity (Wildman–Crippen MR) is 132 cm³/mol. The minimum atomic E-state index is -0.370. The van der Waals surface area contributed by atoms with Gasteiger partial charge in [-0.05, 0) is 53.3 Å². The van der Waals surface area contributed by atoms with Crippen LogP contribution in [0.15, 0.2) is 66.7 Å². The fourth-order valence-electron chi connectivity index (χ4n) is 4.52. The number of methoxy groups -OCH3 is 1. The molecule has 5 heteroatoms. The molecule has 0 atom stereocenters. The Kier molecular flexibility index (Phi) is 8.26. The minimum absolute atomic E-state index is 0.236. The Morgan fingerprint density at radius 3 is 2.03 bits per heavy atom. The Bertz CT molecular complexity index is 1080. The van der Waals surface area contributed by atoms with Gasteiger partial charge in [0.15, 0.2) is 0 Å². The van der Waals surface area contributed by atoms with Crippen molar-refractivity contribution in [3.05, 3.63) is 100 Å². The molecule has 0 aromatic heterocycles. The smallest absolute Gasteiger partial charge is 0.338 e. The number of hydrogen-bond acceptors (Lipinski definition) is 5. The number of hydrogen-bond donors (Lipinski definition) is 2. The van der Waals surface area contributed by atoms with E-state index in [1.807, 2.05) is 54.6 Å². The monoisotopic (exact) mass is 446 g/mol. The molecule has 174 valence electrons. The molecule has 0 aliphatic carbocycles. The SMILES string of the molecule is CCC(CC)(c1ccc(OCc2ccccc2)c(CN)c1)c1ccc(C(=O)OC)c(CN)c1. The van der Waals surface area contributed by atoms with E-state index in [2.05, 4.69) is 26.0 Å². The van der Waals surface area contributed by atoms with Gasteiger partial charge in [0, 0.05) is 24.1 Å². The molecule has 4 N–H and O–H groups in total. The number of nitrogens with two attached hydrogens (primary N) is 2. The summed E-state index contributed by atoms with van der Waals surface area (Å²) in [4.78, 5) is 12.1. The van der Waals surface area contributed by atoms with E-state index in [0.29, 0.717) is 18.7 Å². The molecule has 0 spiro atoms. The zero-order valence-electron chi connectivity index (χ0n) is 19.8. The highest BCUT2D eigenvalue weighted by molar-refractivity contribution is 5.91. The number of rotatable bonds is 10. The molecule has 0 bridgehead atoms. The molecule has 33 heavy (non-hydrogen) atoms. The van der Waals surface area contributed by atoms with Crippen molar-refractivity contribution < 1.29 is 14.3 Å². The van der Waals surface area contributed by atoms with Crippen LogP contribution in [0.5, 0.6) is 5.75 Å². The Morgan fingerprint density at radius 2 is 1.45 bits per heavy atom. The van der Waals surface area contributed by atoms with Gasteiger partial charge in [-0.2, -0.15) is 0 Å².